The molecular formula is C24H28N2O4. The third-order valence-electron chi connectivity index (χ3n) is 6.03. The number of hydrogen-bond donors (Lipinski definition) is 2. The van der Waals surface area contributed by atoms with Gasteiger partial charge in [-0.05, 0) is 30.9 Å². The highest BCUT2D eigenvalue weighted by atomic mass is 16.5. The minimum Gasteiger partial charge on any atom is -0.389 e. The summed E-state index contributed by atoms with van der Waals surface area (Å²) in [5, 5.41) is 13.4. The van der Waals surface area contributed by atoms with Gasteiger partial charge in [-0.15, -0.1) is 0 Å². The van der Waals surface area contributed by atoms with Gasteiger partial charge in [0.05, 0.1) is 19.3 Å². The van der Waals surface area contributed by atoms with Crippen LogP contribution in [0.5, 0.6) is 0 Å². The van der Waals surface area contributed by atoms with E-state index in [9.17, 15) is 14.7 Å². The Kier molecular flexibility index (Phi) is 5.88. The summed E-state index contributed by atoms with van der Waals surface area (Å²) in [6, 6.07) is 17.5. The zero-order valence-corrected chi connectivity index (χ0v) is 17.2. The lowest BCUT2D eigenvalue weighted by Crippen LogP contribution is -2.45. The van der Waals surface area contributed by atoms with Crippen molar-refractivity contribution < 1.29 is 19.4 Å². The third kappa shape index (κ3) is 4.11. The highest BCUT2D eigenvalue weighted by molar-refractivity contribution is 6.07. The molecule has 1 aliphatic carbocycles. The Labute approximate surface area is 176 Å². The fourth-order valence-corrected chi connectivity index (χ4v) is 4.38. The van der Waals surface area contributed by atoms with Crippen molar-refractivity contribution >= 4 is 11.9 Å². The van der Waals surface area contributed by atoms with Crippen molar-refractivity contribution in [3.05, 3.63) is 71.3 Å². The Bertz CT molecular complexity index is 891. The molecule has 1 saturated heterocycles. The number of aliphatic hydroxyl groups excluding tert-OH is 1. The van der Waals surface area contributed by atoms with Crippen molar-refractivity contribution in [2.45, 2.75) is 50.4 Å². The van der Waals surface area contributed by atoms with Crippen LogP contribution in [0.3, 0.4) is 0 Å². The molecule has 2 N–H and O–H groups in total. The Balaban J connectivity index is 1.43. The number of urea groups is 1. The van der Waals surface area contributed by atoms with Gasteiger partial charge in [0.25, 0.3) is 5.91 Å². The number of imide groups is 1. The fraction of sp³-hybridized carbons (Fsp3) is 0.417. The Morgan fingerprint density at radius 3 is 2.33 bits per heavy atom. The summed E-state index contributed by atoms with van der Waals surface area (Å²) >= 11 is 0. The van der Waals surface area contributed by atoms with E-state index in [2.05, 4.69) is 5.32 Å². The maximum absolute atomic E-state index is 12.8. The molecule has 2 aromatic rings. The van der Waals surface area contributed by atoms with Gasteiger partial charge in [-0.1, -0.05) is 73.0 Å². The molecule has 6 nitrogen and oxygen atoms in total. The quantitative estimate of drug-likeness (QED) is 0.689. The van der Waals surface area contributed by atoms with Gasteiger partial charge in [-0.25, -0.2) is 4.79 Å². The molecule has 0 bridgehead atoms. The van der Waals surface area contributed by atoms with Crippen molar-refractivity contribution in [2.24, 2.45) is 0 Å². The third-order valence-corrected chi connectivity index (χ3v) is 6.03. The molecule has 4 rings (SSSR count). The van der Waals surface area contributed by atoms with E-state index in [1.165, 1.54) is 0 Å². The minimum absolute atomic E-state index is 0.0114. The van der Waals surface area contributed by atoms with Crippen LogP contribution in [-0.4, -0.2) is 46.7 Å². The number of aryl methyl sites for hydroxylation is 1. The first-order valence-electron chi connectivity index (χ1n) is 10.5. The standard InChI is InChI=1S/C24H28N2O4/c1-17-9-11-19(12-10-17)21(18-7-3-2-4-8-18)30-16-20(27)15-26-22(28)24(25-23(26)29)13-5-6-14-24/h2-4,7-12,20-21,27H,5-6,13-16H2,1H3,(H,25,29). The van der Waals surface area contributed by atoms with Gasteiger partial charge < -0.3 is 15.2 Å². The molecule has 1 spiro atoms. The molecule has 30 heavy (non-hydrogen) atoms. The van der Waals surface area contributed by atoms with Crippen LogP contribution in [-0.2, 0) is 9.53 Å². The van der Waals surface area contributed by atoms with Gasteiger partial charge >= 0.3 is 6.03 Å². The van der Waals surface area contributed by atoms with E-state index >= 15 is 0 Å². The first kappa shape index (κ1) is 20.6. The van der Waals surface area contributed by atoms with Crippen molar-refractivity contribution in [3.8, 4) is 0 Å². The number of nitrogens with zero attached hydrogens (tertiary/aromatic N) is 1. The monoisotopic (exact) mass is 408 g/mol. The predicted octanol–water partition coefficient (Wildman–Crippen LogP) is 3.33. The topological polar surface area (TPSA) is 78.9 Å². The molecule has 2 atom stereocenters. The molecule has 2 aliphatic rings. The normalized spacial score (nSPS) is 19.9. The van der Waals surface area contributed by atoms with E-state index in [1.807, 2.05) is 61.5 Å². The zero-order valence-electron chi connectivity index (χ0n) is 17.2. The summed E-state index contributed by atoms with van der Waals surface area (Å²) < 4.78 is 6.09. The molecule has 2 aromatic carbocycles. The lowest BCUT2D eigenvalue weighted by molar-refractivity contribution is -0.132. The summed E-state index contributed by atoms with van der Waals surface area (Å²) in [7, 11) is 0. The summed E-state index contributed by atoms with van der Waals surface area (Å²) in [6.07, 6.45) is 1.90. The maximum Gasteiger partial charge on any atom is 0.325 e. The molecule has 0 aromatic heterocycles. The number of β-amino-alcohol motifs (C(OH)–C–C–N with tert-alkyl or cyclic N) is 1. The van der Waals surface area contributed by atoms with Gasteiger partial charge in [0.15, 0.2) is 0 Å². The lowest BCUT2D eigenvalue weighted by Gasteiger charge is -2.24. The number of ether oxygens (including phenoxy) is 1. The van der Waals surface area contributed by atoms with Gasteiger partial charge in [-0.2, -0.15) is 0 Å². The Morgan fingerprint density at radius 1 is 1.03 bits per heavy atom. The Hall–Kier alpha value is -2.70. The second kappa shape index (κ2) is 8.58. The van der Waals surface area contributed by atoms with Crippen LogP contribution in [0.2, 0.25) is 0 Å². The number of nitrogens with one attached hydrogen (secondary N) is 1. The summed E-state index contributed by atoms with van der Waals surface area (Å²) in [5.41, 5.74) is 2.36. The summed E-state index contributed by atoms with van der Waals surface area (Å²) in [6.45, 7) is 1.97. The molecule has 2 unspecified atom stereocenters. The first-order chi connectivity index (χ1) is 14.5. The van der Waals surface area contributed by atoms with Crippen LogP contribution in [0.15, 0.2) is 54.6 Å². The molecule has 158 valence electrons. The SMILES string of the molecule is Cc1ccc(C(OCC(O)CN2C(=O)NC3(CCCC3)C2=O)c2ccccc2)cc1. The number of aliphatic hydroxyl groups is 1. The molecule has 1 heterocycles. The molecule has 2 fully saturated rings. The van der Waals surface area contributed by atoms with Gasteiger partial charge in [0, 0.05) is 0 Å². The van der Waals surface area contributed by atoms with E-state index in [1.54, 1.807) is 0 Å². The molecule has 6 heteroatoms. The van der Waals surface area contributed by atoms with Crippen molar-refractivity contribution in [1.82, 2.24) is 10.2 Å². The average Bonchev–Trinajstić information content (AvgIpc) is 3.31. The molecule has 1 saturated carbocycles. The number of carbonyl (C=O) groups is 2. The van der Waals surface area contributed by atoms with Crippen LogP contribution in [0, 0.1) is 6.92 Å². The van der Waals surface area contributed by atoms with E-state index < -0.39 is 17.7 Å². The maximum atomic E-state index is 12.8. The molecule has 1 aliphatic heterocycles. The smallest absolute Gasteiger partial charge is 0.325 e. The van der Waals surface area contributed by atoms with Gasteiger partial charge in [-0.3, -0.25) is 9.69 Å². The average molecular weight is 408 g/mol. The molecule has 3 amide bonds. The first-order valence-corrected chi connectivity index (χ1v) is 10.5. The number of carbonyl (C=O) groups excluding carboxylic acids is 2. The molecular weight excluding hydrogens is 380 g/mol. The van der Waals surface area contributed by atoms with E-state index in [4.69, 9.17) is 4.74 Å². The fourth-order valence-electron chi connectivity index (χ4n) is 4.38. The van der Waals surface area contributed by atoms with E-state index in [-0.39, 0.29) is 25.2 Å². The van der Waals surface area contributed by atoms with E-state index in [0.717, 1.165) is 34.4 Å². The Morgan fingerprint density at radius 2 is 1.67 bits per heavy atom. The van der Waals surface area contributed by atoms with Crippen LogP contribution >= 0.6 is 0 Å². The van der Waals surface area contributed by atoms with Crippen LogP contribution < -0.4 is 5.32 Å². The zero-order chi connectivity index (χ0) is 21.1. The largest absolute Gasteiger partial charge is 0.389 e. The van der Waals surface area contributed by atoms with E-state index in [0.29, 0.717) is 12.8 Å². The number of amides is 3. The number of hydrogen-bond acceptors (Lipinski definition) is 4. The second-order valence-corrected chi connectivity index (χ2v) is 8.32. The lowest BCUT2D eigenvalue weighted by atomic mass is 9.98. The van der Waals surface area contributed by atoms with Crippen molar-refractivity contribution in [3.63, 3.8) is 0 Å². The highest BCUT2D eigenvalue weighted by Crippen LogP contribution is 2.35. The number of rotatable bonds is 7. The highest BCUT2D eigenvalue weighted by Gasteiger charge is 2.52. The second-order valence-electron chi connectivity index (χ2n) is 8.32. The van der Waals surface area contributed by atoms with Crippen LogP contribution in [0.25, 0.3) is 0 Å². The summed E-state index contributed by atoms with van der Waals surface area (Å²) in [4.78, 5) is 26.3. The van der Waals surface area contributed by atoms with Crippen molar-refractivity contribution in [1.29, 1.82) is 0 Å². The van der Waals surface area contributed by atoms with Gasteiger partial charge in [0.1, 0.15) is 11.6 Å². The predicted molar refractivity (Wildman–Crippen MR) is 113 cm³/mol. The molecule has 0 radical (unpaired) electrons. The van der Waals surface area contributed by atoms with Crippen LogP contribution in [0.1, 0.15) is 48.5 Å². The van der Waals surface area contributed by atoms with Gasteiger partial charge in [0.2, 0.25) is 0 Å². The summed E-state index contributed by atoms with van der Waals surface area (Å²) in [5.74, 6) is -0.220. The minimum atomic E-state index is -0.965. The van der Waals surface area contributed by atoms with Crippen molar-refractivity contribution in [2.75, 3.05) is 13.2 Å². The van der Waals surface area contributed by atoms with Crippen LogP contribution in [0.4, 0.5) is 4.79 Å². The number of benzene rings is 2.